The maximum atomic E-state index is 12.7. The van der Waals surface area contributed by atoms with Gasteiger partial charge in [0.15, 0.2) is 0 Å². The fourth-order valence-corrected chi connectivity index (χ4v) is 5.29. The van der Waals surface area contributed by atoms with Crippen molar-refractivity contribution < 1.29 is 17.9 Å². The van der Waals surface area contributed by atoms with Gasteiger partial charge >= 0.3 is 6.01 Å². The zero-order valence-electron chi connectivity index (χ0n) is 14.5. The molecule has 7 nitrogen and oxygen atoms in total. The van der Waals surface area contributed by atoms with Crippen molar-refractivity contribution in [3.63, 3.8) is 0 Å². The fraction of sp³-hybridized carbons (Fsp3) is 0.353. The summed E-state index contributed by atoms with van der Waals surface area (Å²) in [5.74, 6) is 0.235. The number of hydrogen-bond donors (Lipinski definition) is 0. The summed E-state index contributed by atoms with van der Waals surface area (Å²) in [6.07, 6.45) is 3.31. The van der Waals surface area contributed by atoms with E-state index in [1.165, 1.54) is 7.11 Å². The highest BCUT2D eigenvalue weighted by atomic mass is 127. The third-order valence-corrected chi connectivity index (χ3v) is 6.56. The number of halogens is 1. The molecule has 1 aromatic carbocycles. The predicted molar refractivity (Wildman–Crippen MR) is 107 cm³/mol. The fourth-order valence-electron chi connectivity index (χ4n) is 2.98. The van der Waals surface area contributed by atoms with Gasteiger partial charge in [0.05, 0.1) is 11.5 Å². The van der Waals surface area contributed by atoms with Crippen molar-refractivity contribution in [2.24, 2.45) is 4.40 Å². The third kappa shape index (κ3) is 3.68. The van der Waals surface area contributed by atoms with Crippen molar-refractivity contribution in [3.8, 4) is 17.1 Å². The van der Waals surface area contributed by atoms with Crippen LogP contribution in [-0.2, 0) is 14.8 Å². The lowest BCUT2D eigenvalue weighted by Gasteiger charge is -2.37. The van der Waals surface area contributed by atoms with Crippen LogP contribution >= 0.6 is 22.6 Å². The number of alkyl halides is 1. The van der Waals surface area contributed by atoms with E-state index >= 15 is 0 Å². The van der Waals surface area contributed by atoms with Crippen LogP contribution in [0.3, 0.4) is 0 Å². The molecular weight excluding hydrogens is 469 g/mol. The minimum atomic E-state index is -3.72. The van der Waals surface area contributed by atoms with Crippen molar-refractivity contribution >= 4 is 38.5 Å². The lowest BCUT2D eigenvalue weighted by atomic mass is 9.95. The van der Waals surface area contributed by atoms with E-state index in [9.17, 15) is 8.42 Å². The highest BCUT2D eigenvalue weighted by Crippen LogP contribution is 2.41. The van der Waals surface area contributed by atoms with Gasteiger partial charge in [-0.05, 0) is 25.0 Å². The molecule has 1 aromatic heterocycles. The van der Waals surface area contributed by atoms with Crippen LogP contribution in [-0.4, -0.2) is 41.4 Å². The van der Waals surface area contributed by atoms with Crippen molar-refractivity contribution in [1.82, 2.24) is 9.97 Å². The Morgan fingerprint density at radius 3 is 2.27 bits per heavy atom. The number of benzene rings is 1. The first-order valence-corrected chi connectivity index (χ1v) is 10.8. The topological polar surface area (TPSA) is 90.7 Å². The van der Waals surface area contributed by atoms with E-state index in [4.69, 9.17) is 9.47 Å². The van der Waals surface area contributed by atoms with Crippen LogP contribution in [0.25, 0.3) is 11.1 Å². The Bertz CT molecular complexity index is 925. The van der Waals surface area contributed by atoms with Gasteiger partial charge in [0.25, 0.3) is 10.0 Å². The molecule has 0 bridgehead atoms. The standard InChI is InChI=1S/C17H18IN3O4S/c1-17(2)15(26(22,23)21-14(8-18)25-17)12-6-4-11(5-7-12)13-9-19-16(24-3)20-10-13/h4-7,9-10,15H,8H2,1-3H3. The summed E-state index contributed by atoms with van der Waals surface area (Å²) < 4.78 is 40.3. The maximum absolute atomic E-state index is 12.7. The summed E-state index contributed by atoms with van der Waals surface area (Å²) in [5, 5.41) is -0.872. The molecule has 2 heterocycles. The van der Waals surface area contributed by atoms with E-state index in [1.54, 1.807) is 38.4 Å². The van der Waals surface area contributed by atoms with Gasteiger partial charge in [0.2, 0.25) is 5.90 Å². The molecule has 0 saturated heterocycles. The Hall–Kier alpha value is -1.75. The van der Waals surface area contributed by atoms with Crippen LogP contribution in [0, 0.1) is 0 Å². The van der Waals surface area contributed by atoms with E-state index < -0.39 is 20.9 Å². The highest BCUT2D eigenvalue weighted by Gasteiger charge is 2.46. The number of hydrogen-bond acceptors (Lipinski definition) is 6. The molecule has 138 valence electrons. The molecule has 0 spiro atoms. The first kappa shape index (κ1) is 19.0. The molecule has 0 fully saturated rings. The van der Waals surface area contributed by atoms with Crippen molar-refractivity contribution in [2.75, 3.05) is 11.5 Å². The van der Waals surface area contributed by atoms with Crippen LogP contribution in [0.1, 0.15) is 24.7 Å². The number of aromatic nitrogens is 2. The Kier molecular flexibility index (Phi) is 5.20. The Morgan fingerprint density at radius 2 is 1.77 bits per heavy atom. The second kappa shape index (κ2) is 7.10. The zero-order chi connectivity index (χ0) is 18.9. The molecule has 1 atom stereocenters. The first-order valence-electron chi connectivity index (χ1n) is 7.81. The van der Waals surface area contributed by atoms with Crippen LogP contribution in [0.4, 0.5) is 0 Å². The molecule has 0 N–H and O–H groups in total. The molecule has 0 radical (unpaired) electrons. The van der Waals surface area contributed by atoms with Crippen LogP contribution < -0.4 is 4.74 Å². The van der Waals surface area contributed by atoms with Crippen LogP contribution in [0.15, 0.2) is 41.1 Å². The van der Waals surface area contributed by atoms with Crippen molar-refractivity contribution in [3.05, 3.63) is 42.2 Å². The minimum Gasteiger partial charge on any atom is -0.472 e. The van der Waals surface area contributed by atoms with Gasteiger partial charge in [0.1, 0.15) is 10.9 Å². The van der Waals surface area contributed by atoms with Gasteiger partial charge < -0.3 is 9.47 Å². The van der Waals surface area contributed by atoms with Crippen LogP contribution in [0.2, 0.25) is 0 Å². The SMILES string of the molecule is COc1ncc(-c2ccc(C3C(C)(C)OC(CI)=NS3(=O)=O)cc2)cn1. The number of nitrogens with zero attached hydrogens (tertiary/aromatic N) is 3. The largest absolute Gasteiger partial charge is 0.472 e. The van der Waals surface area contributed by atoms with Gasteiger partial charge in [-0.3, -0.25) is 0 Å². The van der Waals surface area contributed by atoms with E-state index in [0.717, 1.165) is 11.1 Å². The molecule has 1 unspecified atom stereocenters. The maximum Gasteiger partial charge on any atom is 0.316 e. The number of ether oxygens (including phenoxy) is 2. The smallest absolute Gasteiger partial charge is 0.316 e. The highest BCUT2D eigenvalue weighted by molar-refractivity contribution is 14.1. The Labute approximate surface area is 166 Å². The summed E-state index contributed by atoms with van der Waals surface area (Å²) in [4.78, 5) is 8.16. The van der Waals surface area contributed by atoms with Crippen molar-refractivity contribution in [1.29, 1.82) is 0 Å². The van der Waals surface area contributed by atoms with Gasteiger partial charge in [0, 0.05) is 18.0 Å². The number of sulfonamides is 1. The normalized spacial score (nSPS) is 20.8. The molecule has 0 aliphatic carbocycles. The Morgan fingerprint density at radius 1 is 1.15 bits per heavy atom. The summed E-state index contributed by atoms with van der Waals surface area (Å²) in [5.41, 5.74) is 1.40. The lowest BCUT2D eigenvalue weighted by molar-refractivity contribution is 0.0847. The van der Waals surface area contributed by atoms with E-state index in [0.29, 0.717) is 16.0 Å². The lowest BCUT2D eigenvalue weighted by Crippen LogP contribution is -2.43. The Balaban J connectivity index is 1.96. The number of rotatable bonds is 4. The molecule has 0 amide bonds. The zero-order valence-corrected chi connectivity index (χ0v) is 17.5. The first-order chi connectivity index (χ1) is 12.3. The molecule has 9 heteroatoms. The molecule has 0 saturated carbocycles. The van der Waals surface area contributed by atoms with E-state index in [-0.39, 0.29) is 5.90 Å². The molecule has 3 rings (SSSR count). The summed E-state index contributed by atoms with van der Waals surface area (Å²) >= 11 is 2.04. The minimum absolute atomic E-state index is 0.235. The number of methoxy groups -OCH3 is 1. The average Bonchev–Trinajstić information content (AvgIpc) is 2.60. The van der Waals surface area contributed by atoms with E-state index in [1.807, 2.05) is 34.7 Å². The summed E-state index contributed by atoms with van der Waals surface area (Å²) in [7, 11) is -2.21. The van der Waals surface area contributed by atoms with Gasteiger partial charge in [-0.25, -0.2) is 18.4 Å². The summed E-state index contributed by atoms with van der Waals surface area (Å²) in [6.45, 7) is 3.53. The quantitative estimate of drug-likeness (QED) is 0.486. The molecule has 1 aliphatic rings. The second-order valence-corrected chi connectivity index (χ2v) is 8.75. The molecule has 1 aliphatic heterocycles. The molecule has 2 aromatic rings. The van der Waals surface area contributed by atoms with Crippen LogP contribution in [0.5, 0.6) is 6.01 Å². The molecule has 26 heavy (non-hydrogen) atoms. The van der Waals surface area contributed by atoms with E-state index in [2.05, 4.69) is 14.4 Å². The summed E-state index contributed by atoms with van der Waals surface area (Å²) in [6, 6.07) is 7.52. The van der Waals surface area contributed by atoms with Crippen molar-refractivity contribution in [2.45, 2.75) is 24.7 Å². The average molecular weight is 487 g/mol. The van der Waals surface area contributed by atoms with Gasteiger partial charge in [-0.2, -0.15) is 0 Å². The molecular formula is C17H18IN3O4S. The van der Waals surface area contributed by atoms with Gasteiger partial charge in [-0.15, -0.1) is 4.40 Å². The predicted octanol–water partition coefficient (Wildman–Crippen LogP) is 3.17. The third-order valence-electron chi connectivity index (χ3n) is 4.01. The second-order valence-electron chi connectivity index (χ2n) is 6.30. The monoisotopic (exact) mass is 487 g/mol. The van der Waals surface area contributed by atoms with Gasteiger partial charge in [-0.1, -0.05) is 46.9 Å².